The van der Waals surface area contributed by atoms with Crippen molar-refractivity contribution in [3.63, 3.8) is 0 Å². The number of halogens is 1. The summed E-state index contributed by atoms with van der Waals surface area (Å²) in [7, 11) is 0. The fourth-order valence-electron chi connectivity index (χ4n) is 2.42. The molecule has 0 aliphatic carbocycles. The maximum absolute atomic E-state index is 12.5. The van der Waals surface area contributed by atoms with Crippen LogP contribution in [0, 0.1) is 22.1 Å². The topological polar surface area (TPSA) is 0 Å². The van der Waals surface area contributed by atoms with Gasteiger partial charge >= 0.3 is 0 Å². The summed E-state index contributed by atoms with van der Waals surface area (Å²) in [4.78, 5) is 0. The lowest BCUT2D eigenvalue weighted by molar-refractivity contribution is 0.398. The molecule has 0 bridgehead atoms. The Hall–Kier alpha value is -1.63. The third kappa shape index (κ3) is 18.2. The predicted molar refractivity (Wildman–Crippen MR) is 129 cm³/mol. The van der Waals surface area contributed by atoms with E-state index < -0.39 is 0 Å². The van der Waals surface area contributed by atoms with Gasteiger partial charge < -0.3 is 0 Å². The molecule has 0 radical (unpaired) electrons. The summed E-state index contributed by atoms with van der Waals surface area (Å²) in [5.41, 5.74) is 3.85. The van der Waals surface area contributed by atoms with Crippen LogP contribution in [0.2, 0.25) is 0 Å². The Morgan fingerprint density at radius 1 is 0.552 bits per heavy atom. The minimum absolute atomic E-state index is 0.160. The largest absolute Gasteiger partial charge is 0.207 e. The molecular weight excluding hydrogens is 355 g/mol. The number of hydrogen-bond acceptors (Lipinski definition) is 0. The smallest absolute Gasteiger partial charge is 0.123 e. The first kappa shape index (κ1) is 27.4. The predicted octanol–water partition coefficient (Wildman–Crippen LogP) is 9.13. The molecule has 0 aliphatic heterocycles. The van der Waals surface area contributed by atoms with Gasteiger partial charge in [-0.15, -0.1) is 0 Å². The van der Waals surface area contributed by atoms with Gasteiger partial charge in [0.15, 0.2) is 0 Å². The van der Waals surface area contributed by atoms with Crippen LogP contribution in [0.4, 0.5) is 4.39 Å². The lowest BCUT2D eigenvalue weighted by Gasteiger charge is -2.17. The van der Waals surface area contributed by atoms with Crippen molar-refractivity contribution in [1.29, 1.82) is 0 Å². The fraction of sp³-hybridized carbons (Fsp3) is 0.571. The van der Waals surface area contributed by atoms with E-state index in [-0.39, 0.29) is 11.2 Å². The molecule has 2 aromatic rings. The summed E-state index contributed by atoms with van der Waals surface area (Å²) in [6, 6.07) is 17.4. The summed E-state index contributed by atoms with van der Waals surface area (Å²) >= 11 is 0. The molecule has 0 aliphatic rings. The van der Waals surface area contributed by atoms with Crippen molar-refractivity contribution in [2.24, 2.45) is 16.2 Å². The SMILES string of the molecule is CC(C)(C)Cc1ccc(F)cc1.CC(C)(C)Cc1ccccc1.CCC(C)(C)C. The average molecular weight is 401 g/mol. The summed E-state index contributed by atoms with van der Waals surface area (Å²) in [6.45, 7) is 22.3. The van der Waals surface area contributed by atoms with E-state index in [1.807, 2.05) is 12.1 Å². The molecule has 0 heterocycles. The van der Waals surface area contributed by atoms with Gasteiger partial charge in [-0.05, 0) is 52.3 Å². The van der Waals surface area contributed by atoms with Crippen molar-refractivity contribution in [1.82, 2.24) is 0 Å². The molecule has 0 amide bonds. The van der Waals surface area contributed by atoms with Gasteiger partial charge in [0.05, 0.1) is 0 Å². The van der Waals surface area contributed by atoms with Gasteiger partial charge in [-0.2, -0.15) is 0 Å². The lowest BCUT2D eigenvalue weighted by atomic mass is 9.88. The van der Waals surface area contributed by atoms with Gasteiger partial charge in [0.2, 0.25) is 0 Å². The maximum Gasteiger partial charge on any atom is 0.123 e. The van der Waals surface area contributed by atoms with Crippen LogP contribution in [-0.2, 0) is 12.8 Å². The van der Waals surface area contributed by atoms with E-state index in [9.17, 15) is 4.39 Å². The molecule has 0 atom stereocenters. The van der Waals surface area contributed by atoms with Crippen LogP contribution in [0.15, 0.2) is 54.6 Å². The van der Waals surface area contributed by atoms with Gasteiger partial charge in [0.25, 0.3) is 0 Å². The highest BCUT2D eigenvalue weighted by molar-refractivity contribution is 5.17. The second-order valence-electron chi connectivity index (χ2n) is 11.5. The molecule has 0 saturated heterocycles. The molecule has 0 nitrogen and oxygen atoms in total. The molecule has 164 valence electrons. The molecule has 0 unspecified atom stereocenters. The minimum atomic E-state index is -0.160. The molecule has 2 rings (SSSR count). The molecule has 0 spiro atoms. The number of hydrogen-bond donors (Lipinski definition) is 0. The van der Waals surface area contributed by atoms with Gasteiger partial charge in [-0.25, -0.2) is 4.39 Å². The van der Waals surface area contributed by atoms with Crippen LogP contribution in [-0.4, -0.2) is 0 Å². The number of rotatable bonds is 2. The second-order valence-corrected chi connectivity index (χ2v) is 11.5. The summed E-state index contributed by atoms with van der Waals surface area (Å²) in [5.74, 6) is -0.160. The molecular formula is C28H45F. The molecule has 0 N–H and O–H groups in total. The summed E-state index contributed by atoms with van der Waals surface area (Å²) in [6.07, 6.45) is 3.42. The highest BCUT2D eigenvalue weighted by Gasteiger charge is 2.11. The Bertz CT molecular complexity index is 647. The van der Waals surface area contributed by atoms with Crippen molar-refractivity contribution in [3.05, 3.63) is 71.5 Å². The van der Waals surface area contributed by atoms with Crippen molar-refractivity contribution in [2.45, 2.75) is 88.5 Å². The molecule has 0 saturated carbocycles. The van der Waals surface area contributed by atoms with Crippen LogP contribution in [0.1, 0.15) is 86.8 Å². The Morgan fingerprint density at radius 2 is 0.897 bits per heavy atom. The first-order valence-corrected chi connectivity index (χ1v) is 10.9. The zero-order valence-electron chi connectivity index (χ0n) is 20.7. The van der Waals surface area contributed by atoms with E-state index in [0.29, 0.717) is 10.8 Å². The van der Waals surface area contributed by atoms with Crippen LogP contribution in [0.3, 0.4) is 0 Å². The van der Waals surface area contributed by atoms with Crippen LogP contribution >= 0.6 is 0 Å². The second kappa shape index (κ2) is 12.2. The lowest BCUT2D eigenvalue weighted by Crippen LogP contribution is -2.08. The Kier molecular flexibility index (Phi) is 11.5. The minimum Gasteiger partial charge on any atom is -0.207 e. The van der Waals surface area contributed by atoms with E-state index in [1.165, 1.54) is 29.7 Å². The first-order chi connectivity index (χ1) is 13.1. The third-order valence-electron chi connectivity index (χ3n) is 4.29. The average Bonchev–Trinajstić information content (AvgIpc) is 2.56. The Morgan fingerprint density at radius 3 is 1.21 bits per heavy atom. The van der Waals surface area contributed by atoms with Crippen LogP contribution in [0.5, 0.6) is 0 Å². The number of benzene rings is 2. The monoisotopic (exact) mass is 400 g/mol. The highest BCUT2D eigenvalue weighted by atomic mass is 19.1. The quantitative estimate of drug-likeness (QED) is 0.471. The summed E-state index contributed by atoms with van der Waals surface area (Å²) < 4.78 is 12.5. The van der Waals surface area contributed by atoms with Gasteiger partial charge in [-0.1, -0.05) is 118 Å². The van der Waals surface area contributed by atoms with Crippen molar-refractivity contribution < 1.29 is 4.39 Å². The van der Waals surface area contributed by atoms with E-state index in [1.54, 1.807) is 0 Å². The van der Waals surface area contributed by atoms with Crippen molar-refractivity contribution in [2.75, 3.05) is 0 Å². The zero-order chi connectivity index (χ0) is 22.7. The van der Waals surface area contributed by atoms with E-state index in [2.05, 4.69) is 99.6 Å². The van der Waals surface area contributed by atoms with Crippen LogP contribution in [0.25, 0.3) is 0 Å². The van der Waals surface area contributed by atoms with Gasteiger partial charge in [-0.3, -0.25) is 0 Å². The Labute approximate surface area is 181 Å². The maximum atomic E-state index is 12.5. The first-order valence-electron chi connectivity index (χ1n) is 10.9. The molecule has 0 aromatic heterocycles. The van der Waals surface area contributed by atoms with Crippen molar-refractivity contribution in [3.8, 4) is 0 Å². The third-order valence-corrected chi connectivity index (χ3v) is 4.29. The van der Waals surface area contributed by atoms with Crippen LogP contribution < -0.4 is 0 Å². The standard InChI is InChI=1S/C11H15F.C11H16.C6H14/c1-11(2,3)8-9-4-6-10(12)7-5-9;1-11(2,3)9-10-7-5-4-6-8-10;1-5-6(2,3)4/h4-7H,8H2,1-3H3;4-8H,9H2,1-3H3;5H2,1-4H3. The van der Waals surface area contributed by atoms with Gasteiger partial charge in [0, 0.05) is 0 Å². The normalized spacial score (nSPS) is 11.7. The van der Waals surface area contributed by atoms with E-state index in [4.69, 9.17) is 0 Å². The molecule has 2 aromatic carbocycles. The molecule has 1 heteroatoms. The fourth-order valence-corrected chi connectivity index (χ4v) is 2.42. The molecule has 29 heavy (non-hydrogen) atoms. The Balaban J connectivity index is 0.000000430. The van der Waals surface area contributed by atoms with Crippen molar-refractivity contribution >= 4 is 0 Å². The summed E-state index contributed by atoms with van der Waals surface area (Å²) in [5, 5.41) is 0. The van der Waals surface area contributed by atoms with E-state index in [0.717, 1.165) is 12.8 Å². The zero-order valence-corrected chi connectivity index (χ0v) is 20.7. The molecule has 0 fully saturated rings. The highest BCUT2D eigenvalue weighted by Crippen LogP contribution is 2.21. The van der Waals surface area contributed by atoms with Gasteiger partial charge in [0.1, 0.15) is 5.82 Å². The van der Waals surface area contributed by atoms with E-state index >= 15 is 0 Å².